The van der Waals surface area contributed by atoms with Crippen LogP contribution in [0.15, 0.2) is 30.5 Å². The molecule has 2 rings (SSSR count). The molecule has 4 heteroatoms. The third kappa shape index (κ3) is 1.69. The number of Topliss-reactive ketones (excluding diaryl/α,β-unsaturated/α-hetero) is 1. The summed E-state index contributed by atoms with van der Waals surface area (Å²) in [6, 6.07) is 6.62. The van der Waals surface area contributed by atoms with Crippen LogP contribution in [0.5, 0.6) is 0 Å². The fraction of sp³-hybridized carbons (Fsp3) is 0.167. The molecule has 1 N–H and O–H groups in total. The Labute approximate surface area is 96.3 Å². The quantitative estimate of drug-likeness (QED) is 0.804. The molecule has 16 heavy (non-hydrogen) atoms. The Bertz CT molecular complexity index is 658. The number of hydrogen-bond donors (Lipinski definition) is 1. The van der Waals surface area contributed by atoms with Crippen molar-refractivity contribution in [3.63, 3.8) is 0 Å². The summed E-state index contributed by atoms with van der Waals surface area (Å²) in [5, 5.41) is 9.27. The van der Waals surface area contributed by atoms with Gasteiger partial charge in [0.25, 0.3) is 0 Å². The monoisotopic (exact) mass is 220 g/mol. The Morgan fingerprint density at radius 3 is 2.88 bits per heavy atom. The van der Waals surface area contributed by atoms with Crippen LogP contribution < -0.4 is 0 Å². The fourth-order valence-corrected chi connectivity index (χ4v) is 1.70. The second kappa shape index (κ2) is 3.81. The standard InChI is InChI=1S/C12H11NO3/c1-8(14)10-6-13(7-12(15)16)11-5-3-2-4-9(10)11/h2-6H,7H2,1H3,(H,15,16)/i1D3. The highest BCUT2D eigenvalue weighted by Crippen LogP contribution is 2.21. The maximum absolute atomic E-state index is 11.9. The number of carbonyl (C=O) groups is 2. The first-order valence-corrected chi connectivity index (χ1v) is 4.65. The van der Waals surface area contributed by atoms with Gasteiger partial charge in [-0.25, -0.2) is 0 Å². The lowest BCUT2D eigenvalue weighted by Crippen LogP contribution is -2.07. The van der Waals surface area contributed by atoms with Crippen molar-refractivity contribution < 1.29 is 18.8 Å². The Hall–Kier alpha value is -2.10. The normalized spacial score (nSPS) is 14.1. The molecule has 0 aliphatic rings. The van der Waals surface area contributed by atoms with Gasteiger partial charge in [-0.3, -0.25) is 9.59 Å². The van der Waals surface area contributed by atoms with Gasteiger partial charge in [-0.15, -0.1) is 0 Å². The molecule has 0 aliphatic carbocycles. The number of hydrogen-bond acceptors (Lipinski definition) is 2. The van der Waals surface area contributed by atoms with Gasteiger partial charge >= 0.3 is 5.97 Å². The van der Waals surface area contributed by atoms with Crippen molar-refractivity contribution in [2.24, 2.45) is 0 Å². The maximum atomic E-state index is 11.9. The predicted octanol–water partition coefficient (Wildman–Crippen LogP) is 1.93. The second-order valence-electron chi connectivity index (χ2n) is 3.41. The Morgan fingerprint density at radius 2 is 2.19 bits per heavy atom. The van der Waals surface area contributed by atoms with Crippen molar-refractivity contribution in [2.45, 2.75) is 13.4 Å². The third-order valence-corrected chi connectivity index (χ3v) is 2.34. The third-order valence-electron chi connectivity index (χ3n) is 2.34. The predicted molar refractivity (Wildman–Crippen MR) is 59.6 cm³/mol. The molecule has 0 spiro atoms. The van der Waals surface area contributed by atoms with Gasteiger partial charge in [0.1, 0.15) is 6.54 Å². The number of carboxylic acid groups (broad SMARTS) is 1. The lowest BCUT2D eigenvalue weighted by Gasteiger charge is -1.99. The average Bonchev–Trinajstić information content (AvgIpc) is 2.65. The number of ketones is 1. The molecule has 0 saturated heterocycles. The van der Waals surface area contributed by atoms with E-state index >= 15 is 0 Å². The zero-order valence-electron chi connectivity index (χ0n) is 11.3. The van der Waals surface area contributed by atoms with Crippen molar-refractivity contribution in [2.75, 3.05) is 0 Å². The van der Waals surface area contributed by atoms with Crippen LogP contribution in [-0.4, -0.2) is 21.4 Å². The van der Waals surface area contributed by atoms with Crippen LogP contribution in [0.25, 0.3) is 10.9 Å². The number of aliphatic carboxylic acids is 1. The molecule has 4 nitrogen and oxygen atoms in total. The second-order valence-corrected chi connectivity index (χ2v) is 3.41. The molecular formula is C12H11NO3. The molecule has 2 aromatic rings. The molecule has 1 heterocycles. The van der Waals surface area contributed by atoms with Gasteiger partial charge in [-0.05, 0) is 12.9 Å². The minimum atomic E-state index is -2.74. The molecule has 1 aromatic carbocycles. The first kappa shape index (κ1) is 7.22. The summed E-state index contributed by atoms with van der Waals surface area (Å²) in [5.41, 5.74) is 0.550. The van der Waals surface area contributed by atoms with E-state index in [9.17, 15) is 9.59 Å². The van der Waals surface area contributed by atoms with E-state index in [-0.39, 0.29) is 12.1 Å². The van der Waals surface area contributed by atoms with E-state index in [1.807, 2.05) is 0 Å². The summed E-state index contributed by atoms with van der Waals surface area (Å²) < 4.78 is 22.8. The van der Waals surface area contributed by atoms with Crippen molar-refractivity contribution >= 4 is 22.7 Å². The molecule has 0 fully saturated rings. The molecule has 0 amide bonds. The van der Waals surface area contributed by atoms with E-state index in [1.165, 1.54) is 10.8 Å². The summed E-state index contributed by atoms with van der Waals surface area (Å²) in [7, 11) is 0. The number of rotatable bonds is 3. The van der Waals surface area contributed by atoms with Crippen LogP contribution in [0.2, 0.25) is 0 Å². The van der Waals surface area contributed by atoms with Crippen molar-refractivity contribution in [1.82, 2.24) is 4.57 Å². The van der Waals surface area contributed by atoms with Crippen molar-refractivity contribution in [3.8, 4) is 0 Å². The average molecular weight is 220 g/mol. The highest BCUT2D eigenvalue weighted by Gasteiger charge is 2.12. The van der Waals surface area contributed by atoms with Crippen LogP contribution in [0.3, 0.4) is 0 Å². The number of carbonyl (C=O) groups excluding carboxylic acids is 1. The SMILES string of the molecule is [2H]C([2H])([2H])C(=O)c1cn(CC(=O)O)c2ccccc12. The number of carboxylic acids is 1. The van der Waals surface area contributed by atoms with E-state index in [0.29, 0.717) is 10.9 Å². The van der Waals surface area contributed by atoms with Crippen molar-refractivity contribution in [3.05, 3.63) is 36.0 Å². The lowest BCUT2D eigenvalue weighted by molar-refractivity contribution is -0.137. The first-order chi connectivity index (χ1) is 8.80. The molecule has 82 valence electrons. The van der Waals surface area contributed by atoms with Crippen LogP contribution >= 0.6 is 0 Å². The first-order valence-electron chi connectivity index (χ1n) is 6.15. The molecule has 0 unspecified atom stereocenters. The molecule has 0 atom stereocenters. The fourth-order valence-electron chi connectivity index (χ4n) is 1.70. The number of fused-ring (bicyclic) bond motifs is 1. The molecule has 0 radical (unpaired) electrons. The Morgan fingerprint density at radius 1 is 1.44 bits per heavy atom. The molecule has 0 aliphatic heterocycles. The van der Waals surface area contributed by atoms with Crippen LogP contribution in [0, 0.1) is 0 Å². The zero-order chi connectivity index (χ0) is 14.2. The highest BCUT2D eigenvalue weighted by atomic mass is 16.4. The topological polar surface area (TPSA) is 59.3 Å². The minimum Gasteiger partial charge on any atom is -0.480 e. The summed E-state index contributed by atoms with van der Waals surface area (Å²) in [6.07, 6.45) is 1.29. The Kier molecular flexibility index (Phi) is 1.72. The molecular weight excluding hydrogens is 206 g/mol. The van der Waals surface area contributed by atoms with Crippen LogP contribution in [0.1, 0.15) is 21.3 Å². The van der Waals surface area contributed by atoms with E-state index in [4.69, 9.17) is 9.22 Å². The van der Waals surface area contributed by atoms with Gasteiger partial charge in [0.2, 0.25) is 0 Å². The van der Waals surface area contributed by atoms with Gasteiger partial charge in [0.05, 0.1) is 0 Å². The molecule has 0 bridgehead atoms. The molecule has 1 aromatic heterocycles. The van der Waals surface area contributed by atoms with Gasteiger partial charge in [0, 0.05) is 26.8 Å². The molecule has 0 saturated carbocycles. The number of para-hydroxylation sites is 1. The van der Waals surface area contributed by atoms with E-state index in [1.54, 1.807) is 24.3 Å². The minimum absolute atomic E-state index is 0.0249. The van der Waals surface area contributed by atoms with Crippen LogP contribution in [0.4, 0.5) is 0 Å². The summed E-state index contributed by atoms with van der Waals surface area (Å²) in [5.74, 6) is -2.04. The number of aromatic nitrogens is 1. The van der Waals surface area contributed by atoms with E-state index in [2.05, 4.69) is 0 Å². The summed E-state index contributed by atoms with van der Waals surface area (Å²) in [6.45, 7) is -3.06. The number of benzene rings is 1. The van der Waals surface area contributed by atoms with Crippen molar-refractivity contribution in [1.29, 1.82) is 0 Å². The smallest absolute Gasteiger partial charge is 0.323 e. The van der Waals surface area contributed by atoms with Gasteiger partial charge < -0.3 is 9.67 Å². The van der Waals surface area contributed by atoms with Gasteiger partial charge in [0.15, 0.2) is 5.78 Å². The van der Waals surface area contributed by atoms with Crippen LogP contribution in [-0.2, 0) is 11.3 Å². The summed E-state index contributed by atoms with van der Waals surface area (Å²) in [4.78, 5) is 22.6. The zero-order valence-corrected chi connectivity index (χ0v) is 8.30. The number of nitrogens with zero attached hydrogens (tertiary/aromatic N) is 1. The maximum Gasteiger partial charge on any atom is 0.323 e. The van der Waals surface area contributed by atoms with Gasteiger partial charge in [-0.2, -0.15) is 0 Å². The van der Waals surface area contributed by atoms with E-state index < -0.39 is 18.6 Å². The van der Waals surface area contributed by atoms with Gasteiger partial charge in [-0.1, -0.05) is 18.2 Å². The highest BCUT2D eigenvalue weighted by molar-refractivity contribution is 6.07. The lowest BCUT2D eigenvalue weighted by atomic mass is 10.1. The Balaban J connectivity index is 2.63. The summed E-state index contributed by atoms with van der Waals surface area (Å²) >= 11 is 0. The largest absolute Gasteiger partial charge is 0.480 e. The van der Waals surface area contributed by atoms with E-state index in [0.717, 1.165) is 0 Å².